The molecule has 0 spiro atoms. The predicted octanol–water partition coefficient (Wildman–Crippen LogP) is 3.25. The van der Waals surface area contributed by atoms with Crippen LogP contribution in [0.5, 0.6) is 0 Å². The van der Waals surface area contributed by atoms with Gasteiger partial charge in [-0.15, -0.1) is 0 Å². The van der Waals surface area contributed by atoms with Gasteiger partial charge in [-0.3, -0.25) is 4.68 Å². The van der Waals surface area contributed by atoms with E-state index in [1.54, 1.807) is 0 Å². The number of hydrogen-bond acceptors (Lipinski definition) is 2. The van der Waals surface area contributed by atoms with Gasteiger partial charge in [0.2, 0.25) is 0 Å². The minimum absolute atomic E-state index is 0.785. The van der Waals surface area contributed by atoms with Crippen LogP contribution < -0.4 is 5.32 Å². The molecule has 3 nitrogen and oxygen atoms in total. The highest BCUT2D eigenvalue weighted by Gasteiger charge is 2.27. The summed E-state index contributed by atoms with van der Waals surface area (Å²) < 4.78 is 2.02. The third kappa shape index (κ3) is 3.07. The first-order valence-electron chi connectivity index (χ1n) is 7.12. The molecule has 0 radical (unpaired) electrons. The summed E-state index contributed by atoms with van der Waals surface area (Å²) in [5.41, 5.74) is 2.16. The maximum absolute atomic E-state index is 6.38. The topological polar surface area (TPSA) is 29.9 Å². The minimum atomic E-state index is 0.785. The van der Waals surface area contributed by atoms with Crippen LogP contribution in [-0.2, 0) is 19.5 Å². The highest BCUT2D eigenvalue weighted by Crippen LogP contribution is 2.36. The van der Waals surface area contributed by atoms with Crippen LogP contribution in [0.1, 0.15) is 45.0 Å². The van der Waals surface area contributed by atoms with Crippen molar-refractivity contribution in [2.24, 2.45) is 11.8 Å². The van der Waals surface area contributed by atoms with E-state index < -0.39 is 0 Å². The molecule has 1 unspecified atom stereocenters. The van der Waals surface area contributed by atoms with Crippen molar-refractivity contribution in [1.29, 1.82) is 0 Å². The molecule has 1 N–H and O–H groups in total. The van der Waals surface area contributed by atoms with Crippen molar-refractivity contribution in [3.8, 4) is 0 Å². The summed E-state index contributed by atoms with van der Waals surface area (Å²) in [6.45, 7) is 9.34. The predicted molar refractivity (Wildman–Crippen MR) is 75.9 cm³/mol. The third-order valence-corrected chi connectivity index (χ3v) is 4.32. The zero-order chi connectivity index (χ0) is 13.1. The summed E-state index contributed by atoms with van der Waals surface area (Å²) in [7, 11) is 0. The standard InChI is InChI=1S/C14H24ClN3/c1-4-12-14(15)13(18(5-2)17-12)9-16-8-10(3)11-6-7-11/h10-11,16H,4-9H2,1-3H3. The van der Waals surface area contributed by atoms with Crippen molar-refractivity contribution < 1.29 is 0 Å². The van der Waals surface area contributed by atoms with Gasteiger partial charge in [-0.05, 0) is 44.6 Å². The van der Waals surface area contributed by atoms with E-state index in [4.69, 9.17) is 11.6 Å². The average Bonchev–Trinajstić information content (AvgIpc) is 3.17. The van der Waals surface area contributed by atoms with Crippen molar-refractivity contribution in [3.05, 3.63) is 16.4 Å². The van der Waals surface area contributed by atoms with E-state index in [1.807, 2.05) is 4.68 Å². The molecule has 1 aliphatic rings. The van der Waals surface area contributed by atoms with Crippen LogP contribution in [0.15, 0.2) is 0 Å². The molecule has 0 bridgehead atoms. The second-order valence-corrected chi connectivity index (χ2v) is 5.70. The quantitative estimate of drug-likeness (QED) is 0.823. The van der Waals surface area contributed by atoms with Gasteiger partial charge >= 0.3 is 0 Å². The Kier molecular flexibility index (Phi) is 4.68. The first kappa shape index (κ1) is 13.9. The number of aryl methyl sites for hydroxylation is 2. The van der Waals surface area contributed by atoms with E-state index in [9.17, 15) is 0 Å². The largest absolute Gasteiger partial charge is 0.311 e. The van der Waals surface area contributed by atoms with Crippen LogP contribution in [0, 0.1) is 11.8 Å². The van der Waals surface area contributed by atoms with E-state index >= 15 is 0 Å². The molecule has 1 aromatic rings. The lowest BCUT2D eigenvalue weighted by atomic mass is 10.1. The van der Waals surface area contributed by atoms with Crippen LogP contribution in [0.3, 0.4) is 0 Å². The molecule has 1 aliphatic carbocycles. The van der Waals surface area contributed by atoms with Crippen LogP contribution >= 0.6 is 11.6 Å². The Morgan fingerprint density at radius 2 is 2.17 bits per heavy atom. The number of aromatic nitrogens is 2. The summed E-state index contributed by atoms with van der Waals surface area (Å²) in [4.78, 5) is 0. The maximum Gasteiger partial charge on any atom is 0.0863 e. The smallest absolute Gasteiger partial charge is 0.0863 e. The summed E-state index contributed by atoms with van der Waals surface area (Å²) in [6.07, 6.45) is 3.73. The second-order valence-electron chi connectivity index (χ2n) is 5.32. The van der Waals surface area contributed by atoms with Crippen molar-refractivity contribution >= 4 is 11.6 Å². The van der Waals surface area contributed by atoms with Crippen molar-refractivity contribution in [2.45, 2.75) is 53.1 Å². The molecule has 1 fully saturated rings. The van der Waals surface area contributed by atoms with Gasteiger partial charge in [0.25, 0.3) is 0 Å². The number of nitrogens with zero attached hydrogens (tertiary/aromatic N) is 2. The van der Waals surface area contributed by atoms with Crippen molar-refractivity contribution in [1.82, 2.24) is 15.1 Å². The fourth-order valence-electron chi connectivity index (χ4n) is 2.44. The van der Waals surface area contributed by atoms with E-state index in [1.165, 1.54) is 12.8 Å². The number of nitrogens with one attached hydrogen (secondary N) is 1. The van der Waals surface area contributed by atoms with Crippen LogP contribution in [-0.4, -0.2) is 16.3 Å². The lowest BCUT2D eigenvalue weighted by Gasteiger charge is -2.12. The molecular weight excluding hydrogens is 246 g/mol. The second kappa shape index (κ2) is 6.07. The molecule has 1 heterocycles. The Bertz CT molecular complexity index is 396. The van der Waals surface area contributed by atoms with E-state index in [2.05, 4.69) is 31.2 Å². The Hall–Kier alpha value is -0.540. The van der Waals surface area contributed by atoms with Crippen molar-refractivity contribution in [3.63, 3.8) is 0 Å². The zero-order valence-corrected chi connectivity index (χ0v) is 12.4. The molecule has 18 heavy (non-hydrogen) atoms. The van der Waals surface area contributed by atoms with Gasteiger partial charge in [-0.1, -0.05) is 25.4 Å². The van der Waals surface area contributed by atoms with Gasteiger partial charge in [0.15, 0.2) is 0 Å². The van der Waals surface area contributed by atoms with Gasteiger partial charge in [-0.2, -0.15) is 5.10 Å². The summed E-state index contributed by atoms with van der Waals surface area (Å²) >= 11 is 6.38. The average molecular weight is 270 g/mol. The Labute approximate surface area is 115 Å². The minimum Gasteiger partial charge on any atom is -0.311 e. The fourth-order valence-corrected chi connectivity index (χ4v) is 2.77. The lowest BCUT2D eigenvalue weighted by molar-refractivity contribution is 0.453. The van der Waals surface area contributed by atoms with Gasteiger partial charge < -0.3 is 5.32 Å². The lowest BCUT2D eigenvalue weighted by Crippen LogP contribution is -2.23. The SMILES string of the molecule is CCc1nn(CC)c(CNCC(C)C2CC2)c1Cl. The molecular formula is C14H24ClN3. The number of halogens is 1. The molecule has 0 aromatic carbocycles. The normalized spacial score (nSPS) is 17.1. The van der Waals surface area contributed by atoms with Crippen molar-refractivity contribution in [2.75, 3.05) is 6.54 Å². The zero-order valence-electron chi connectivity index (χ0n) is 11.7. The van der Waals surface area contributed by atoms with Crippen LogP contribution in [0.4, 0.5) is 0 Å². The molecule has 2 rings (SSSR count). The first-order valence-corrected chi connectivity index (χ1v) is 7.49. The highest BCUT2D eigenvalue weighted by molar-refractivity contribution is 6.31. The Morgan fingerprint density at radius 1 is 1.44 bits per heavy atom. The van der Waals surface area contributed by atoms with E-state index in [-0.39, 0.29) is 0 Å². The monoisotopic (exact) mass is 269 g/mol. The Balaban J connectivity index is 1.92. The summed E-state index contributed by atoms with van der Waals surface area (Å²) in [5.74, 6) is 1.74. The third-order valence-electron chi connectivity index (χ3n) is 3.88. The molecule has 0 aliphatic heterocycles. The van der Waals surface area contributed by atoms with Gasteiger partial charge in [-0.25, -0.2) is 0 Å². The summed E-state index contributed by atoms with van der Waals surface area (Å²) in [5, 5.41) is 8.92. The first-order chi connectivity index (χ1) is 8.67. The Morgan fingerprint density at radius 3 is 2.72 bits per heavy atom. The molecule has 0 saturated heterocycles. The molecule has 102 valence electrons. The summed E-state index contributed by atoms with van der Waals surface area (Å²) in [6, 6.07) is 0. The van der Waals surface area contributed by atoms with E-state index in [0.717, 1.165) is 54.3 Å². The van der Waals surface area contributed by atoms with Gasteiger partial charge in [0, 0.05) is 13.1 Å². The molecule has 0 amide bonds. The van der Waals surface area contributed by atoms with Gasteiger partial charge in [0.05, 0.1) is 16.4 Å². The molecule has 1 aromatic heterocycles. The number of rotatable bonds is 7. The fraction of sp³-hybridized carbons (Fsp3) is 0.786. The van der Waals surface area contributed by atoms with Crippen LogP contribution in [0.2, 0.25) is 5.02 Å². The number of hydrogen-bond donors (Lipinski definition) is 1. The highest BCUT2D eigenvalue weighted by atomic mass is 35.5. The molecule has 4 heteroatoms. The van der Waals surface area contributed by atoms with Crippen LogP contribution in [0.25, 0.3) is 0 Å². The van der Waals surface area contributed by atoms with Gasteiger partial charge in [0.1, 0.15) is 0 Å². The molecule has 1 atom stereocenters. The van der Waals surface area contributed by atoms with E-state index in [0.29, 0.717) is 0 Å². The molecule has 1 saturated carbocycles. The maximum atomic E-state index is 6.38.